The number of nitrogens with zero attached hydrogens (tertiary/aromatic N) is 1. The van der Waals surface area contributed by atoms with Crippen LogP contribution in [0.1, 0.15) is 11.3 Å². The van der Waals surface area contributed by atoms with Gasteiger partial charge in [0.05, 0.1) is 5.69 Å². The number of barbiturate groups is 1. The SMILES string of the molecule is Cc1ccc(N2C(=O)NC(=O)/C(=C\c3ccc(-c4cccc(F)c4)o3)C2=O)cc1. The van der Waals surface area contributed by atoms with Crippen LogP contribution in [-0.2, 0) is 9.59 Å². The number of urea groups is 1. The summed E-state index contributed by atoms with van der Waals surface area (Å²) in [6.07, 6.45) is 1.26. The summed E-state index contributed by atoms with van der Waals surface area (Å²) >= 11 is 0. The Bertz CT molecular complexity index is 1160. The van der Waals surface area contributed by atoms with Crippen LogP contribution in [0.3, 0.4) is 0 Å². The van der Waals surface area contributed by atoms with E-state index in [9.17, 15) is 18.8 Å². The van der Waals surface area contributed by atoms with Crippen LogP contribution in [0.4, 0.5) is 14.9 Å². The fourth-order valence-electron chi connectivity index (χ4n) is 2.96. The van der Waals surface area contributed by atoms with E-state index in [4.69, 9.17) is 4.42 Å². The average Bonchev–Trinajstić information content (AvgIpc) is 3.15. The molecule has 6 nitrogen and oxygen atoms in total. The molecule has 3 aromatic rings. The lowest BCUT2D eigenvalue weighted by Gasteiger charge is -2.26. The second kappa shape index (κ2) is 7.20. The number of aryl methyl sites for hydroxylation is 1. The normalized spacial score (nSPS) is 15.7. The highest BCUT2D eigenvalue weighted by molar-refractivity contribution is 6.39. The summed E-state index contributed by atoms with van der Waals surface area (Å²) in [6.45, 7) is 1.88. The molecule has 29 heavy (non-hydrogen) atoms. The van der Waals surface area contributed by atoms with Gasteiger partial charge in [-0.3, -0.25) is 14.9 Å². The van der Waals surface area contributed by atoms with E-state index < -0.39 is 23.7 Å². The maximum absolute atomic E-state index is 13.4. The van der Waals surface area contributed by atoms with Crippen molar-refractivity contribution in [1.29, 1.82) is 0 Å². The monoisotopic (exact) mass is 390 g/mol. The molecule has 1 aliphatic rings. The minimum absolute atomic E-state index is 0.223. The minimum Gasteiger partial charge on any atom is -0.457 e. The van der Waals surface area contributed by atoms with Crippen LogP contribution >= 0.6 is 0 Å². The highest BCUT2D eigenvalue weighted by Gasteiger charge is 2.37. The average molecular weight is 390 g/mol. The van der Waals surface area contributed by atoms with Crippen molar-refractivity contribution < 1.29 is 23.2 Å². The fourth-order valence-corrected chi connectivity index (χ4v) is 2.96. The molecule has 4 amide bonds. The third-order valence-corrected chi connectivity index (χ3v) is 4.42. The molecule has 2 aromatic carbocycles. The van der Waals surface area contributed by atoms with Gasteiger partial charge in [-0.05, 0) is 49.4 Å². The molecule has 2 heterocycles. The van der Waals surface area contributed by atoms with Crippen molar-refractivity contribution >= 4 is 29.6 Å². The number of amides is 4. The number of furan rings is 1. The molecule has 1 aromatic heterocycles. The highest BCUT2D eigenvalue weighted by atomic mass is 19.1. The van der Waals surface area contributed by atoms with Gasteiger partial charge in [-0.2, -0.15) is 0 Å². The zero-order chi connectivity index (χ0) is 20.5. The van der Waals surface area contributed by atoms with Gasteiger partial charge in [-0.15, -0.1) is 0 Å². The Labute approximate surface area is 165 Å². The summed E-state index contributed by atoms with van der Waals surface area (Å²) in [4.78, 5) is 38.2. The second-order valence-electron chi connectivity index (χ2n) is 6.51. The molecule has 0 aliphatic carbocycles. The molecule has 0 bridgehead atoms. The van der Waals surface area contributed by atoms with Crippen LogP contribution in [0.5, 0.6) is 0 Å². The second-order valence-corrected chi connectivity index (χ2v) is 6.51. The molecule has 0 spiro atoms. The van der Waals surface area contributed by atoms with Gasteiger partial charge in [0.15, 0.2) is 0 Å². The number of hydrogen-bond acceptors (Lipinski definition) is 4. The number of imide groups is 2. The third-order valence-electron chi connectivity index (χ3n) is 4.42. The van der Waals surface area contributed by atoms with Crippen LogP contribution in [0.25, 0.3) is 17.4 Å². The Hall–Kier alpha value is -4.00. The van der Waals surface area contributed by atoms with E-state index in [1.165, 1.54) is 18.2 Å². The number of rotatable bonds is 3. The van der Waals surface area contributed by atoms with Gasteiger partial charge in [0.1, 0.15) is 22.9 Å². The van der Waals surface area contributed by atoms with E-state index in [0.29, 0.717) is 17.0 Å². The van der Waals surface area contributed by atoms with Crippen LogP contribution in [0.2, 0.25) is 0 Å². The Morgan fingerprint density at radius 3 is 2.48 bits per heavy atom. The van der Waals surface area contributed by atoms with Crippen molar-refractivity contribution in [2.24, 2.45) is 0 Å². The number of carbonyl (C=O) groups is 3. The van der Waals surface area contributed by atoms with Gasteiger partial charge in [-0.25, -0.2) is 14.1 Å². The van der Waals surface area contributed by atoms with Gasteiger partial charge >= 0.3 is 6.03 Å². The molecule has 1 aliphatic heterocycles. The van der Waals surface area contributed by atoms with Crippen molar-refractivity contribution in [2.45, 2.75) is 6.92 Å². The van der Waals surface area contributed by atoms with E-state index >= 15 is 0 Å². The van der Waals surface area contributed by atoms with Gasteiger partial charge in [0.25, 0.3) is 11.8 Å². The first kappa shape index (κ1) is 18.4. The largest absolute Gasteiger partial charge is 0.457 e. The zero-order valence-electron chi connectivity index (χ0n) is 15.3. The van der Waals surface area contributed by atoms with Crippen molar-refractivity contribution in [3.05, 3.63) is 83.4 Å². The predicted molar refractivity (Wildman–Crippen MR) is 104 cm³/mol. The molecule has 0 unspecified atom stereocenters. The number of halogens is 1. The first-order valence-electron chi connectivity index (χ1n) is 8.76. The molecule has 1 fully saturated rings. The molecule has 0 radical (unpaired) electrons. The molecule has 144 valence electrons. The standard InChI is InChI=1S/C22H15FN2O4/c1-13-5-7-16(8-6-13)25-21(27)18(20(26)24-22(25)28)12-17-9-10-19(29-17)14-3-2-4-15(23)11-14/h2-12H,1H3,(H,24,26,28)/b18-12+. The van der Waals surface area contributed by atoms with E-state index in [1.807, 2.05) is 6.92 Å². The topological polar surface area (TPSA) is 79.6 Å². The Morgan fingerprint density at radius 2 is 1.76 bits per heavy atom. The fraction of sp³-hybridized carbons (Fsp3) is 0.0455. The molecule has 0 saturated carbocycles. The van der Waals surface area contributed by atoms with Crippen LogP contribution in [-0.4, -0.2) is 17.8 Å². The van der Waals surface area contributed by atoms with Gasteiger partial charge in [0.2, 0.25) is 0 Å². The Balaban J connectivity index is 1.67. The number of nitrogens with one attached hydrogen (secondary N) is 1. The van der Waals surface area contributed by atoms with Crippen LogP contribution < -0.4 is 10.2 Å². The van der Waals surface area contributed by atoms with Crippen LogP contribution in [0.15, 0.2) is 70.7 Å². The van der Waals surface area contributed by atoms with Gasteiger partial charge in [-0.1, -0.05) is 29.8 Å². The Kier molecular flexibility index (Phi) is 4.56. The minimum atomic E-state index is -0.819. The molecule has 1 N–H and O–H groups in total. The summed E-state index contributed by atoms with van der Waals surface area (Å²) in [7, 11) is 0. The quantitative estimate of drug-likeness (QED) is 0.540. The predicted octanol–water partition coefficient (Wildman–Crippen LogP) is 4.06. The van der Waals surface area contributed by atoms with E-state index in [0.717, 1.165) is 10.5 Å². The maximum Gasteiger partial charge on any atom is 0.335 e. The molecule has 0 atom stereocenters. The Morgan fingerprint density at radius 1 is 1.00 bits per heavy atom. The first-order valence-corrected chi connectivity index (χ1v) is 8.76. The van der Waals surface area contributed by atoms with E-state index in [2.05, 4.69) is 5.32 Å². The lowest BCUT2D eigenvalue weighted by molar-refractivity contribution is -0.122. The zero-order valence-corrected chi connectivity index (χ0v) is 15.3. The number of hydrogen-bond donors (Lipinski definition) is 1. The molecule has 1 saturated heterocycles. The maximum atomic E-state index is 13.4. The van der Waals surface area contributed by atoms with Crippen molar-refractivity contribution in [3.8, 4) is 11.3 Å². The van der Waals surface area contributed by atoms with E-state index in [-0.39, 0.29) is 11.3 Å². The lowest BCUT2D eigenvalue weighted by Crippen LogP contribution is -2.54. The summed E-state index contributed by atoms with van der Waals surface area (Å²) in [5.74, 6) is -1.38. The lowest BCUT2D eigenvalue weighted by atomic mass is 10.1. The number of benzene rings is 2. The molecule has 7 heteroatoms. The third kappa shape index (κ3) is 3.58. The molecular formula is C22H15FN2O4. The van der Waals surface area contributed by atoms with Crippen molar-refractivity contribution in [1.82, 2.24) is 5.32 Å². The summed E-state index contributed by atoms with van der Waals surface area (Å²) in [6, 6.07) is 15.0. The van der Waals surface area contributed by atoms with Crippen molar-refractivity contribution in [2.75, 3.05) is 4.90 Å². The first-order chi connectivity index (χ1) is 13.9. The highest BCUT2D eigenvalue weighted by Crippen LogP contribution is 2.26. The summed E-state index contributed by atoms with van der Waals surface area (Å²) in [5, 5.41) is 2.16. The van der Waals surface area contributed by atoms with E-state index in [1.54, 1.807) is 48.5 Å². The number of anilines is 1. The van der Waals surface area contributed by atoms with Gasteiger partial charge < -0.3 is 4.42 Å². The molecule has 4 rings (SSSR count). The number of carbonyl (C=O) groups excluding carboxylic acids is 3. The molecular weight excluding hydrogens is 375 g/mol. The smallest absolute Gasteiger partial charge is 0.335 e. The van der Waals surface area contributed by atoms with Crippen LogP contribution in [0, 0.1) is 12.7 Å². The summed E-state index contributed by atoms with van der Waals surface area (Å²) < 4.78 is 19.0. The summed E-state index contributed by atoms with van der Waals surface area (Å²) in [5.41, 5.74) is 1.58. The van der Waals surface area contributed by atoms with Gasteiger partial charge in [0, 0.05) is 5.56 Å². The van der Waals surface area contributed by atoms with Crippen molar-refractivity contribution in [3.63, 3.8) is 0 Å².